The number of methoxy groups -OCH3 is 1. The smallest absolute Gasteiger partial charge is 0.335 e. The van der Waals surface area contributed by atoms with Gasteiger partial charge in [-0.15, -0.1) is 0 Å². The van der Waals surface area contributed by atoms with Gasteiger partial charge in [0.05, 0.1) is 22.7 Å². The normalized spacial score (nSPS) is 14.0. The number of halogens is 2. The third-order valence-electron chi connectivity index (χ3n) is 4.41. The van der Waals surface area contributed by atoms with Gasteiger partial charge in [-0.25, -0.2) is 4.79 Å². The van der Waals surface area contributed by atoms with Crippen LogP contribution in [0.1, 0.15) is 21.5 Å². The molecule has 0 fully saturated rings. The zero-order valence-corrected chi connectivity index (χ0v) is 15.8. The van der Waals surface area contributed by atoms with E-state index in [1.54, 1.807) is 13.2 Å². The maximum absolute atomic E-state index is 10.9. The van der Waals surface area contributed by atoms with Crippen molar-refractivity contribution in [1.82, 2.24) is 4.90 Å². The van der Waals surface area contributed by atoms with Crippen molar-refractivity contribution in [2.45, 2.75) is 13.0 Å². The molecule has 1 aliphatic rings. The Kier molecular flexibility index (Phi) is 5.91. The Hall–Kier alpha value is -1.95. The highest BCUT2D eigenvalue weighted by molar-refractivity contribution is 6.32. The highest BCUT2D eigenvalue weighted by Gasteiger charge is 2.18. The van der Waals surface area contributed by atoms with E-state index in [1.807, 2.05) is 12.1 Å². The molecule has 0 unspecified atom stereocenters. The fourth-order valence-corrected chi connectivity index (χ4v) is 3.50. The Morgan fingerprint density at radius 1 is 1.15 bits per heavy atom. The van der Waals surface area contributed by atoms with Crippen LogP contribution in [0.2, 0.25) is 10.0 Å². The number of fused-ring (bicyclic) bond motifs is 1. The highest BCUT2D eigenvalue weighted by atomic mass is 35.5. The minimum Gasteiger partial charge on any atom is -0.495 e. The number of hydrogen-bond donors (Lipinski definition) is 1. The summed E-state index contributed by atoms with van der Waals surface area (Å²) in [6.45, 7) is 2.92. The van der Waals surface area contributed by atoms with Crippen LogP contribution < -0.4 is 9.47 Å². The minimum absolute atomic E-state index is 0.141. The number of aromatic carboxylic acids is 1. The molecule has 138 valence electrons. The summed E-state index contributed by atoms with van der Waals surface area (Å²) in [6.07, 6.45) is 0.928. The molecular formula is C19H19Cl2NO4. The average Bonchev–Trinajstić information content (AvgIpc) is 2.62. The fraction of sp³-hybridized carbons (Fsp3) is 0.316. The van der Waals surface area contributed by atoms with Crippen molar-refractivity contribution < 1.29 is 19.4 Å². The summed E-state index contributed by atoms with van der Waals surface area (Å²) in [5.74, 6) is 0.184. The maximum atomic E-state index is 10.9. The quantitative estimate of drug-likeness (QED) is 0.796. The zero-order valence-electron chi connectivity index (χ0n) is 14.3. The van der Waals surface area contributed by atoms with Crippen LogP contribution in [0.4, 0.5) is 0 Å². The van der Waals surface area contributed by atoms with Gasteiger partial charge in [0.15, 0.2) is 0 Å². The van der Waals surface area contributed by atoms with E-state index in [-0.39, 0.29) is 5.56 Å². The van der Waals surface area contributed by atoms with Crippen LogP contribution in [0.3, 0.4) is 0 Å². The van der Waals surface area contributed by atoms with Crippen molar-refractivity contribution in [1.29, 1.82) is 0 Å². The van der Waals surface area contributed by atoms with E-state index < -0.39 is 5.97 Å². The summed E-state index contributed by atoms with van der Waals surface area (Å²) in [5, 5.41) is 9.87. The van der Waals surface area contributed by atoms with E-state index in [9.17, 15) is 4.79 Å². The highest BCUT2D eigenvalue weighted by Crippen LogP contribution is 2.31. The molecule has 7 heteroatoms. The Morgan fingerprint density at radius 2 is 1.92 bits per heavy atom. The lowest BCUT2D eigenvalue weighted by molar-refractivity contribution is 0.0697. The molecule has 2 aromatic rings. The third-order valence-corrected chi connectivity index (χ3v) is 5.00. The summed E-state index contributed by atoms with van der Waals surface area (Å²) in [4.78, 5) is 13.2. The molecule has 1 N–H and O–H groups in total. The summed E-state index contributed by atoms with van der Waals surface area (Å²) in [7, 11) is 1.62. The van der Waals surface area contributed by atoms with Gasteiger partial charge in [-0.2, -0.15) is 0 Å². The Balaban J connectivity index is 1.57. The van der Waals surface area contributed by atoms with E-state index >= 15 is 0 Å². The molecule has 0 saturated carbocycles. The minimum atomic E-state index is -1.01. The molecule has 3 rings (SSSR count). The molecule has 26 heavy (non-hydrogen) atoms. The van der Waals surface area contributed by atoms with Crippen LogP contribution >= 0.6 is 23.2 Å². The Morgan fingerprint density at radius 3 is 2.62 bits per heavy atom. The van der Waals surface area contributed by atoms with Crippen molar-refractivity contribution in [2.75, 3.05) is 26.8 Å². The van der Waals surface area contributed by atoms with Crippen LogP contribution in [0.25, 0.3) is 0 Å². The number of ether oxygens (including phenoxy) is 2. The maximum Gasteiger partial charge on any atom is 0.335 e. The van der Waals surface area contributed by atoms with Gasteiger partial charge in [-0.3, -0.25) is 4.90 Å². The predicted octanol–water partition coefficient (Wildman–Crippen LogP) is 4.14. The molecule has 1 heterocycles. The van der Waals surface area contributed by atoms with E-state index in [2.05, 4.69) is 4.90 Å². The lowest BCUT2D eigenvalue weighted by atomic mass is 9.99. The second kappa shape index (κ2) is 8.16. The largest absolute Gasteiger partial charge is 0.495 e. The third kappa shape index (κ3) is 4.23. The van der Waals surface area contributed by atoms with Crippen LogP contribution in [-0.2, 0) is 13.0 Å². The van der Waals surface area contributed by atoms with E-state index in [0.717, 1.165) is 26.1 Å². The molecule has 0 bridgehead atoms. The number of rotatable bonds is 6. The van der Waals surface area contributed by atoms with Gasteiger partial charge in [0.2, 0.25) is 0 Å². The lowest BCUT2D eigenvalue weighted by Crippen LogP contribution is -2.33. The first-order chi connectivity index (χ1) is 12.5. The van der Waals surface area contributed by atoms with E-state index in [1.165, 1.54) is 23.3 Å². The van der Waals surface area contributed by atoms with Crippen molar-refractivity contribution in [3.63, 3.8) is 0 Å². The average molecular weight is 396 g/mol. The van der Waals surface area contributed by atoms with Crippen LogP contribution in [0, 0.1) is 0 Å². The molecular weight excluding hydrogens is 377 g/mol. The summed E-state index contributed by atoms with van der Waals surface area (Å²) >= 11 is 12.3. The number of carboxylic acids is 1. The predicted molar refractivity (Wildman–Crippen MR) is 101 cm³/mol. The van der Waals surface area contributed by atoms with Gasteiger partial charge >= 0.3 is 5.97 Å². The first-order valence-corrected chi connectivity index (χ1v) is 8.97. The van der Waals surface area contributed by atoms with Crippen molar-refractivity contribution in [2.24, 2.45) is 0 Å². The van der Waals surface area contributed by atoms with Crippen molar-refractivity contribution >= 4 is 29.2 Å². The molecule has 0 atom stereocenters. The molecule has 0 aliphatic carbocycles. The van der Waals surface area contributed by atoms with Gasteiger partial charge < -0.3 is 14.6 Å². The Bertz CT molecular complexity index is 825. The standard InChI is InChI=1S/C19H19Cl2NO4/c1-25-18-10-12-4-5-22(11-14(12)9-16(18)21)6-7-26-17-3-2-13(19(23)24)8-15(17)20/h2-3,8-10H,4-7,11H2,1H3,(H,23,24). The fourth-order valence-electron chi connectivity index (χ4n) is 3.00. The van der Waals surface area contributed by atoms with Gasteiger partial charge in [-0.05, 0) is 47.9 Å². The summed E-state index contributed by atoms with van der Waals surface area (Å²) in [5.41, 5.74) is 2.60. The zero-order chi connectivity index (χ0) is 18.7. The molecule has 2 aromatic carbocycles. The Labute approximate surface area is 162 Å². The molecule has 0 amide bonds. The van der Waals surface area contributed by atoms with Gasteiger partial charge in [-0.1, -0.05) is 23.2 Å². The monoisotopic (exact) mass is 395 g/mol. The number of benzene rings is 2. The molecule has 1 aliphatic heterocycles. The van der Waals surface area contributed by atoms with E-state index in [4.69, 9.17) is 37.8 Å². The van der Waals surface area contributed by atoms with Crippen LogP contribution in [-0.4, -0.2) is 42.8 Å². The summed E-state index contributed by atoms with van der Waals surface area (Å²) < 4.78 is 11.0. The van der Waals surface area contributed by atoms with E-state index in [0.29, 0.717) is 28.2 Å². The number of nitrogens with zero attached hydrogens (tertiary/aromatic N) is 1. The SMILES string of the molecule is COc1cc2c(cc1Cl)CN(CCOc1ccc(C(=O)O)cc1Cl)CC2. The second-order valence-electron chi connectivity index (χ2n) is 6.08. The number of hydrogen-bond acceptors (Lipinski definition) is 4. The first kappa shape index (κ1) is 18.8. The molecule has 5 nitrogen and oxygen atoms in total. The number of carboxylic acid groups (broad SMARTS) is 1. The van der Waals surface area contributed by atoms with Gasteiger partial charge in [0.25, 0.3) is 0 Å². The van der Waals surface area contributed by atoms with Crippen molar-refractivity contribution in [3.05, 3.63) is 57.1 Å². The number of carbonyl (C=O) groups is 1. The summed E-state index contributed by atoms with van der Waals surface area (Å²) in [6, 6.07) is 8.44. The lowest BCUT2D eigenvalue weighted by Gasteiger charge is -2.29. The van der Waals surface area contributed by atoms with Gasteiger partial charge in [0.1, 0.15) is 18.1 Å². The van der Waals surface area contributed by atoms with Crippen LogP contribution in [0.5, 0.6) is 11.5 Å². The molecule has 0 radical (unpaired) electrons. The molecule has 0 aromatic heterocycles. The van der Waals surface area contributed by atoms with Gasteiger partial charge in [0, 0.05) is 19.6 Å². The first-order valence-electron chi connectivity index (χ1n) is 8.21. The van der Waals surface area contributed by atoms with Crippen LogP contribution in [0.15, 0.2) is 30.3 Å². The second-order valence-corrected chi connectivity index (χ2v) is 6.89. The topological polar surface area (TPSA) is 59.0 Å². The molecule has 0 saturated heterocycles. The van der Waals surface area contributed by atoms with Crippen molar-refractivity contribution in [3.8, 4) is 11.5 Å². The molecule has 0 spiro atoms.